The molecule has 1 fully saturated rings. The highest BCUT2D eigenvalue weighted by molar-refractivity contribution is 8.00. The second-order valence-electron chi connectivity index (χ2n) is 5.24. The summed E-state index contributed by atoms with van der Waals surface area (Å²) in [5.41, 5.74) is -1.15. The largest absolute Gasteiger partial charge is 0.465 e. The van der Waals surface area contributed by atoms with E-state index in [4.69, 9.17) is 14.2 Å². The number of amides is 1. The fraction of sp³-hybridized carbons (Fsp3) is 0.714. The number of rotatable bonds is 5. The number of aliphatic hydroxyl groups excluding tert-OH is 1. The first kappa shape index (κ1) is 20.2. The Morgan fingerprint density at radius 3 is 1.96 bits per heavy atom. The Morgan fingerprint density at radius 2 is 1.50 bits per heavy atom. The van der Waals surface area contributed by atoms with Gasteiger partial charge in [0.1, 0.15) is 18.1 Å². The molecule has 0 aromatic rings. The lowest BCUT2D eigenvalue weighted by Crippen LogP contribution is -2.62. The van der Waals surface area contributed by atoms with Gasteiger partial charge in [-0.2, -0.15) is 0 Å². The molecule has 1 heterocycles. The van der Waals surface area contributed by atoms with E-state index < -0.39 is 52.8 Å². The molecule has 1 amide bonds. The zero-order chi connectivity index (χ0) is 18.4. The number of carbonyl (C=O) groups excluding carboxylic acids is 4. The quantitative estimate of drug-likeness (QED) is 0.484. The Labute approximate surface area is 143 Å². The lowest BCUT2D eigenvalue weighted by atomic mass is 10.0. The van der Waals surface area contributed by atoms with E-state index >= 15 is 0 Å². The van der Waals surface area contributed by atoms with Crippen LogP contribution in [0.5, 0.6) is 0 Å². The summed E-state index contributed by atoms with van der Waals surface area (Å²) in [6.07, 6.45) is -2.12. The third-order valence-corrected chi connectivity index (χ3v) is 4.42. The van der Waals surface area contributed by atoms with Gasteiger partial charge in [0, 0.05) is 27.7 Å². The maximum atomic E-state index is 11.4. The van der Waals surface area contributed by atoms with Gasteiger partial charge in [-0.25, -0.2) is 0 Å². The van der Waals surface area contributed by atoms with Gasteiger partial charge in [0.15, 0.2) is 12.2 Å². The molecule has 24 heavy (non-hydrogen) atoms. The Kier molecular flexibility index (Phi) is 7.49. The molecular formula is C14H21NO8S. The Balaban J connectivity index is 3.11. The van der Waals surface area contributed by atoms with Crippen LogP contribution < -0.4 is 5.32 Å². The van der Waals surface area contributed by atoms with E-state index in [1.54, 1.807) is 0 Å². The highest BCUT2D eigenvalue weighted by Gasteiger charge is 2.49. The van der Waals surface area contributed by atoms with Crippen molar-refractivity contribution in [3.8, 4) is 0 Å². The number of carbonyl (C=O) groups is 4. The van der Waals surface area contributed by atoms with E-state index in [9.17, 15) is 24.3 Å². The number of esters is 3. The minimum absolute atomic E-state index is 0.153. The molecule has 136 valence electrons. The monoisotopic (exact) mass is 363 g/mol. The molecule has 0 bridgehead atoms. The van der Waals surface area contributed by atoms with Crippen molar-refractivity contribution >= 4 is 35.6 Å². The Morgan fingerprint density at radius 1 is 0.958 bits per heavy atom. The van der Waals surface area contributed by atoms with Crippen molar-refractivity contribution in [1.82, 2.24) is 5.32 Å². The molecule has 2 unspecified atom stereocenters. The standard InChI is InChI=1S/C14H21NO8S/c1-6(16)15-11-13(23-9(4)19)12(22-8(3)18)10(24-14(11)20)5-21-7(2)17/h10-14,20H,5H2,1-4H3,(H,15,16)/t10?,11?,12-,13-,14+/m1/s1. The second kappa shape index (κ2) is 8.88. The number of thioether (sulfide) groups is 1. The summed E-state index contributed by atoms with van der Waals surface area (Å²) in [6, 6.07) is -0.977. The van der Waals surface area contributed by atoms with Crippen LogP contribution in [0.3, 0.4) is 0 Å². The van der Waals surface area contributed by atoms with Crippen LogP contribution >= 0.6 is 11.8 Å². The summed E-state index contributed by atoms with van der Waals surface area (Å²) in [7, 11) is 0. The first-order valence-electron chi connectivity index (χ1n) is 7.20. The lowest BCUT2D eigenvalue weighted by molar-refractivity contribution is -0.172. The van der Waals surface area contributed by atoms with Gasteiger partial charge in [-0.15, -0.1) is 11.8 Å². The molecule has 5 atom stereocenters. The van der Waals surface area contributed by atoms with Crippen LogP contribution in [0.2, 0.25) is 0 Å². The Bertz CT molecular complexity index is 511. The topological polar surface area (TPSA) is 128 Å². The fourth-order valence-electron chi connectivity index (χ4n) is 2.31. The van der Waals surface area contributed by atoms with E-state index in [-0.39, 0.29) is 6.61 Å². The summed E-state index contributed by atoms with van der Waals surface area (Å²) in [5.74, 6) is -2.29. The van der Waals surface area contributed by atoms with E-state index in [1.807, 2.05) is 0 Å². The summed E-state index contributed by atoms with van der Waals surface area (Å²) in [4.78, 5) is 45.2. The zero-order valence-corrected chi connectivity index (χ0v) is 14.6. The van der Waals surface area contributed by atoms with E-state index in [1.165, 1.54) is 20.8 Å². The molecular weight excluding hydrogens is 342 g/mol. The first-order valence-corrected chi connectivity index (χ1v) is 8.14. The first-order chi connectivity index (χ1) is 11.1. The molecule has 1 aliphatic heterocycles. The third-order valence-electron chi connectivity index (χ3n) is 3.09. The van der Waals surface area contributed by atoms with Gasteiger partial charge in [-0.3, -0.25) is 19.2 Å². The number of nitrogens with one attached hydrogen (secondary N) is 1. The van der Waals surface area contributed by atoms with Crippen LogP contribution in [0.15, 0.2) is 0 Å². The minimum Gasteiger partial charge on any atom is -0.465 e. The van der Waals surface area contributed by atoms with Crippen molar-refractivity contribution in [3.63, 3.8) is 0 Å². The highest BCUT2D eigenvalue weighted by atomic mass is 32.2. The predicted octanol–water partition coefficient (Wildman–Crippen LogP) is -0.649. The normalized spacial score (nSPS) is 29.3. The van der Waals surface area contributed by atoms with Crippen molar-refractivity contribution in [1.29, 1.82) is 0 Å². The van der Waals surface area contributed by atoms with Crippen LogP contribution in [-0.4, -0.2) is 64.5 Å². The van der Waals surface area contributed by atoms with Crippen LogP contribution in [0.1, 0.15) is 27.7 Å². The lowest BCUT2D eigenvalue weighted by Gasteiger charge is -2.43. The van der Waals surface area contributed by atoms with Crippen molar-refractivity contribution in [2.75, 3.05) is 6.61 Å². The molecule has 0 aromatic carbocycles. The Hall–Kier alpha value is -1.81. The number of aliphatic hydroxyl groups is 1. The van der Waals surface area contributed by atoms with Crippen LogP contribution in [0.25, 0.3) is 0 Å². The number of hydrogen-bond acceptors (Lipinski definition) is 9. The molecule has 1 saturated heterocycles. The van der Waals surface area contributed by atoms with E-state index in [0.29, 0.717) is 0 Å². The summed E-state index contributed by atoms with van der Waals surface area (Å²) >= 11 is 0.954. The molecule has 0 radical (unpaired) electrons. The maximum absolute atomic E-state index is 11.4. The molecule has 2 N–H and O–H groups in total. The summed E-state index contributed by atoms with van der Waals surface area (Å²) in [6.45, 7) is 4.64. The molecule has 9 nitrogen and oxygen atoms in total. The molecule has 0 aromatic heterocycles. The summed E-state index contributed by atoms with van der Waals surface area (Å²) < 4.78 is 15.3. The van der Waals surface area contributed by atoms with E-state index in [0.717, 1.165) is 18.7 Å². The highest BCUT2D eigenvalue weighted by Crippen LogP contribution is 2.35. The van der Waals surface area contributed by atoms with E-state index in [2.05, 4.69) is 5.32 Å². The zero-order valence-electron chi connectivity index (χ0n) is 13.8. The van der Waals surface area contributed by atoms with Gasteiger partial charge in [-0.1, -0.05) is 0 Å². The molecule has 10 heteroatoms. The van der Waals surface area contributed by atoms with Crippen molar-refractivity contribution in [2.24, 2.45) is 0 Å². The maximum Gasteiger partial charge on any atom is 0.303 e. The predicted molar refractivity (Wildman–Crippen MR) is 82.7 cm³/mol. The number of hydrogen-bond donors (Lipinski definition) is 2. The smallest absolute Gasteiger partial charge is 0.303 e. The molecule has 1 aliphatic rings. The number of ether oxygens (including phenoxy) is 3. The molecule has 0 aliphatic carbocycles. The van der Waals surface area contributed by atoms with Gasteiger partial charge in [0.2, 0.25) is 5.91 Å². The van der Waals surface area contributed by atoms with Gasteiger partial charge in [0.25, 0.3) is 0 Å². The van der Waals surface area contributed by atoms with Crippen LogP contribution in [0, 0.1) is 0 Å². The fourth-order valence-corrected chi connectivity index (χ4v) is 3.57. The van der Waals surface area contributed by atoms with Gasteiger partial charge >= 0.3 is 17.9 Å². The van der Waals surface area contributed by atoms with Crippen molar-refractivity contribution in [3.05, 3.63) is 0 Å². The van der Waals surface area contributed by atoms with Crippen molar-refractivity contribution < 1.29 is 38.5 Å². The van der Waals surface area contributed by atoms with Gasteiger partial charge < -0.3 is 24.6 Å². The second-order valence-corrected chi connectivity index (χ2v) is 6.60. The average Bonchev–Trinajstić information content (AvgIpc) is 2.42. The third kappa shape index (κ3) is 6.00. The average molecular weight is 363 g/mol. The van der Waals surface area contributed by atoms with Crippen LogP contribution in [-0.2, 0) is 33.4 Å². The SMILES string of the molecule is CC(=O)NC1[C@@H](OC(C)=O)[C@H](OC(C)=O)C(COC(C)=O)S[C@@H]1O. The minimum atomic E-state index is -1.15. The summed E-state index contributed by atoms with van der Waals surface area (Å²) in [5, 5.41) is 12.1. The van der Waals surface area contributed by atoms with Gasteiger partial charge in [-0.05, 0) is 0 Å². The van der Waals surface area contributed by atoms with Crippen LogP contribution in [0.4, 0.5) is 0 Å². The van der Waals surface area contributed by atoms with Gasteiger partial charge in [0.05, 0.1) is 5.25 Å². The molecule has 0 spiro atoms. The van der Waals surface area contributed by atoms with Crippen molar-refractivity contribution in [2.45, 2.75) is 56.6 Å². The molecule has 1 rings (SSSR count). The molecule has 0 saturated carbocycles.